The largest absolute Gasteiger partial charge is 0.494 e. The Kier molecular flexibility index (Phi) is 4.79. The summed E-state index contributed by atoms with van der Waals surface area (Å²) in [5.41, 5.74) is 0.477. The van der Waals surface area contributed by atoms with Gasteiger partial charge < -0.3 is 20.3 Å². The van der Waals surface area contributed by atoms with Crippen LogP contribution < -0.4 is 20.3 Å². The Morgan fingerprint density at radius 2 is 2.25 bits per heavy atom. The van der Waals surface area contributed by atoms with Gasteiger partial charge in [0, 0.05) is 37.1 Å². The average molecular weight is 330 g/mol. The minimum Gasteiger partial charge on any atom is -0.494 e. The van der Waals surface area contributed by atoms with Gasteiger partial charge in [0.2, 0.25) is 0 Å². The van der Waals surface area contributed by atoms with Gasteiger partial charge >= 0.3 is 6.03 Å². The molecule has 0 unspecified atom stereocenters. The van der Waals surface area contributed by atoms with Crippen LogP contribution in [0.4, 0.5) is 20.7 Å². The topological polar surface area (TPSA) is 66.5 Å². The van der Waals surface area contributed by atoms with Gasteiger partial charge in [-0.2, -0.15) is 0 Å². The van der Waals surface area contributed by atoms with Crippen LogP contribution in [0.3, 0.4) is 0 Å². The summed E-state index contributed by atoms with van der Waals surface area (Å²) >= 11 is 0. The third kappa shape index (κ3) is 3.73. The van der Waals surface area contributed by atoms with Crippen molar-refractivity contribution in [2.24, 2.45) is 0 Å². The molecule has 7 heteroatoms. The van der Waals surface area contributed by atoms with E-state index < -0.39 is 5.82 Å². The number of nitrogens with zero attached hydrogens (tertiary/aromatic N) is 2. The second-order valence-corrected chi connectivity index (χ2v) is 5.57. The summed E-state index contributed by atoms with van der Waals surface area (Å²) in [7, 11) is 1.38. The van der Waals surface area contributed by atoms with Crippen molar-refractivity contribution in [2.45, 2.75) is 12.5 Å². The molecule has 0 radical (unpaired) electrons. The number of nitrogens with one attached hydrogen (secondary N) is 2. The number of benzene rings is 1. The zero-order valence-corrected chi connectivity index (χ0v) is 13.3. The van der Waals surface area contributed by atoms with Crippen molar-refractivity contribution in [3.05, 3.63) is 48.4 Å². The highest BCUT2D eigenvalue weighted by Crippen LogP contribution is 2.21. The minimum absolute atomic E-state index is 0.0364. The second-order valence-electron chi connectivity index (χ2n) is 5.57. The standard InChI is InChI=1S/C17H19FN4O2/c1-24-15-10-12(5-6-14(15)18)20-17(23)21-13-7-9-22(11-13)16-4-2-3-8-19-16/h2-6,8,10,13H,7,9,11H2,1H3,(H2,20,21,23)/t13-/m1/s1. The van der Waals surface area contributed by atoms with E-state index in [2.05, 4.69) is 20.5 Å². The molecule has 0 spiro atoms. The first-order valence-electron chi connectivity index (χ1n) is 7.73. The Morgan fingerprint density at radius 1 is 1.38 bits per heavy atom. The molecule has 2 N–H and O–H groups in total. The lowest BCUT2D eigenvalue weighted by molar-refractivity contribution is 0.249. The molecule has 2 aromatic rings. The molecule has 3 rings (SSSR count). The molecule has 0 saturated carbocycles. The van der Waals surface area contributed by atoms with Crippen LogP contribution in [0.2, 0.25) is 0 Å². The number of carbonyl (C=O) groups is 1. The molecule has 1 fully saturated rings. The van der Waals surface area contributed by atoms with Gasteiger partial charge in [0.05, 0.1) is 7.11 Å². The SMILES string of the molecule is COc1cc(NC(=O)N[C@@H]2CCN(c3ccccn3)C2)ccc1F. The number of carbonyl (C=O) groups excluding carboxylic acids is 1. The van der Waals surface area contributed by atoms with Crippen molar-refractivity contribution in [3.8, 4) is 5.75 Å². The average Bonchev–Trinajstić information content (AvgIpc) is 3.05. The van der Waals surface area contributed by atoms with E-state index in [0.717, 1.165) is 18.8 Å². The van der Waals surface area contributed by atoms with E-state index in [4.69, 9.17) is 4.74 Å². The number of halogens is 1. The van der Waals surface area contributed by atoms with Crippen molar-refractivity contribution < 1.29 is 13.9 Å². The molecule has 1 aliphatic rings. The van der Waals surface area contributed by atoms with Crippen LogP contribution in [0.15, 0.2) is 42.6 Å². The number of pyridine rings is 1. The molecule has 1 aromatic carbocycles. The van der Waals surface area contributed by atoms with E-state index in [1.165, 1.54) is 25.3 Å². The smallest absolute Gasteiger partial charge is 0.319 e. The van der Waals surface area contributed by atoms with Gasteiger partial charge in [0.1, 0.15) is 5.82 Å². The van der Waals surface area contributed by atoms with E-state index in [-0.39, 0.29) is 17.8 Å². The summed E-state index contributed by atoms with van der Waals surface area (Å²) in [6.07, 6.45) is 2.60. The van der Waals surface area contributed by atoms with Crippen LogP contribution in [-0.2, 0) is 0 Å². The lowest BCUT2D eigenvalue weighted by Gasteiger charge is -2.18. The molecule has 0 bridgehead atoms. The van der Waals surface area contributed by atoms with Gasteiger partial charge in [-0.3, -0.25) is 0 Å². The number of rotatable bonds is 4. The summed E-state index contributed by atoms with van der Waals surface area (Å²) in [5, 5.41) is 5.62. The van der Waals surface area contributed by atoms with Crippen LogP contribution in [0.1, 0.15) is 6.42 Å². The molecular formula is C17H19FN4O2. The third-order valence-corrected chi connectivity index (χ3v) is 3.91. The van der Waals surface area contributed by atoms with Crippen LogP contribution in [0.25, 0.3) is 0 Å². The zero-order valence-electron chi connectivity index (χ0n) is 13.3. The summed E-state index contributed by atoms with van der Waals surface area (Å²) in [4.78, 5) is 18.6. The van der Waals surface area contributed by atoms with E-state index in [1.807, 2.05) is 18.2 Å². The lowest BCUT2D eigenvalue weighted by atomic mass is 10.2. The number of hydrogen-bond donors (Lipinski definition) is 2. The highest BCUT2D eigenvalue weighted by Gasteiger charge is 2.24. The van der Waals surface area contributed by atoms with Gasteiger partial charge in [-0.25, -0.2) is 14.2 Å². The lowest BCUT2D eigenvalue weighted by Crippen LogP contribution is -2.39. The third-order valence-electron chi connectivity index (χ3n) is 3.91. The van der Waals surface area contributed by atoms with E-state index in [9.17, 15) is 9.18 Å². The molecule has 6 nitrogen and oxygen atoms in total. The van der Waals surface area contributed by atoms with Gasteiger partial charge in [-0.15, -0.1) is 0 Å². The molecule has 126 valence electrons. The summed E-state index contributed by atoms with van der Waals surface area (Å²) in [6.45, 7) is 1.55. The monoisotopic (exact) mass is 330 g/mol. The molecule has 24 heavy (non-hydrogen) atoms. The Bertz CT molecular complexity index is 711. The van der Waals surface area contributed by atoms with Gasteiger partial charge in [0.25, 0.3) is 0 Å². The minimum atomic E-state index is -0.467. The van der Waals surface area contributed by atoms with Crippen molar-refractivity contribution >= 4 is 17.5 Å². The van der Waals surface area contributed by atoms with Crippen LogP contribution in [-0.4, -0.2) is 37.3 Å². The van der Waals surface area contributed by atoms with E-state index in [1.54, 1.807) is 6.20 Å². The fraction of sp³-hybridized carbons (Fsp3) is 0.294. The van der Waals surface area contributed by atoms with Crippen molar-refractivity contribution in [2.75, 3.05) is 30.4 Å². The maximum absolute atomic E-state index is 13.4. The number of anilines is 2. The highest BCUT2D eigenvalue weighted by atomic mass is 19.1. The summed E-state index contributed by atoms with van der Waals surface area (Å²) < 4.78 is 18.3. The van der Waals surface area contributed by atoms with E-state index in [0.29, 0.717) is 12.2 Å². The number of methoxy groups -OCH3 is 1. The van der Waals surface area contributed by atoms with Crippen molar-refractivity contribution in [1.82, 2.24) is 10.3 Å². The van der Waals surface area contributed by atoms with Gasteiger partial charge in [0.15, 0.2) is 11.6 Å². The molecule has 2 amide bonds. The molecule has 1 aromatic heterocycles. The summed E-state index contributed by atoms with van der Waals surface area (Å²) in [5.74, 6) is 0.533. The number of aromatic nitrogens is 1. The van der Waals surface area contributed by atoms with Crippen LogP contribution >= 0.6 is 0 Å². The Labute approximate surface area is 139 Å². The van der Waals surface area contributed by atoms with Crippen molar-refractivity contribution in [3.63, 3.8) is 0 Å². The number of urea groups is 1. The molecule has 0 aliphatic carbocycles. The van der Waals surface area contributed by atoms with Crippen molar-refractivity contribution in [1.29, 1.82) is 0 Å². The molecule has 1 aliphatic heterocycles. The number of amides is 2. The molecule has 1 atom stereocenters. The number of hydrogen-bond acceptors (Lipinski definition) is 4. The quantitative estimate of drug-likeness (QED) is 0.904. The summed E-state index contributed by atoms with van der Waals surface area (Å²) in [6, 6.07) is 9.68. The Hall–Kier alpha value is -2.83. The van der Waals surface area contributed by atoms with Crippen LogP contribution in [0.5, 0.6) is 5.75 Å². The normalized spacial score (nSPS) is 16.8. The first kappa shape index (κ1) is 16.0. The van der Waals surface area contributed by atoms with E-state index >= 15 is 0 Å². The fourth-order valence-electron chi connectivity index (χ4n) is 2.72. The molecule has 1 saturated heterocycles. The van der Waals surface area contributed by atoms with Gasteiger partial charge in [-0.1, -0.05) is 6.07 Å². The predicted octanol–water partition coefficient (Wildman–Crippen LogP) is 2.63. The van der Waals surface area contributed by atoms with Crippen LogP contribution in [0, 0.1) is 5.82 Å². The second kappa shape index (κ2) is 7.16. The maximum atomic E-state index is 13.4. The first-order valence-corrected chi connectivity index (χ1v) is 7.73. The Balaban J connectivity index is 1.54. The zero-order chi connectivity index (χ0) is 16.9. The fourth-order valence-corrected chi connectivity index (χ4v) is 2.72. The highest BCUT2D eigenvalue weighted by molar-refractivity contribution is 5.89. The molecular weight excluding hydrogens is 311 g/mol. The number of ether oxygens (including phenoxy) is 1. The van der Waals surface area contributed by atoms with Gasteiger partial charge in [-0.05, 0) is 30.7 Å². The Morgan fingerprint density at radius 3 is 3.00 bits per heavy atom. The molecule has 2 heterocycles. The predicted molar refractivity (Wildman–Crippen MR) is 90.0 cm³/mol. The maximum Gasteiger partial charge on any atom is 0.319 e. The first-order chi connectivity index (χ1) is 11.7.